The van der Waals surface area contributed by atoms with Crippen molar-refractivity contribution in [2.75, 3.05) is 6.54 Å². The van der Waals surface area contributed by atoms with Crippen molar-refractivity contribution in [1.82, 2.24) is 36.1 Å². The molecule has 13 heteroatoms. The Kier molecular flexibility index (Phi) is 12.6. The standard InChI is InChI=1S/C36H49N7O6/c1-7-26(31(44)35(48)39-22(6)23-12-9-8-10-13-23)40-34(47)30-25-15-11-14-24(25)19-43(30)36(49)29(21(4)5)42-33(46)28(20(2)3)41-32(45)27-18-37-16-17-38-27/h8-10,12-13,16-18,20-22,24-26,28-30H,7,11,14-15,19H2,1-6H3,(H,39,48)(H,40,47)(H,41,45)(H,42,46)/t22-,24-,25-,26?,28-,29-,30-/m0/s1. The van der Waals surface area contributed by atoms with Crippen molar-refractivity contribution in [3.8, 4) is 0 Å². The van der Waals surface area contributed by atoms with Crippen molar-refractivity contribution in [2.45, 2.75) is 97.4 Å². The van der Waals surface area contributed by atoms with Gasteiger partial charge in [-0.25, -0.2) is 4.98 Å². The highest BCUT2D eigenvalue weighted by atomic mass is 16.2. The zero-order valence-corrected chi connectivity index (χ0v) is 29.1. The van der Waals surface area contributed by atoms with Crippen molar-refractivity contribution < 1.29 is 28.8 Å². The molecule has 7 atom stereocenters. The fourth-order valence-corrected chi connectivity index (χ4v) is 6.83. The molecule has 1 aliphatic carbocycles. The number of fused-ring (bicyclic) bond motifs is 1. The van der Waals surface area contributed by atoms with Gasteiger partial charge in [-0.3, -0.25) is 33.8 Å². The quantitative estimate of drug-likeness (QED) is 0.220. The number of carbonyl (C=O) groups excluding carboxylic acids is 6. The van der Waals surface area contributed by atoms with Crippen LogP contribution in [0, 0.1) is 23.7 Å². The highest BCUT2D eigenvalue weighted by Crippen LogP contribution is 2.42. The van der Waals surface area contributed by atoms with Crippen molar-refractivity contribution >= 4 is 35.3 Å². The van der Waals surface area contributed by atoms with Crippen LogP contribution in [0.3, 0.4) is 0 Å². The van der Waals surface area contributed by atoms with Crippen LogP contribution in [0.2, 0.25) is 0 Å². The monoisotopic (exact) mass is 675 g/mol. The summed E-state index contributed by atoms with van der Waals surface area (Å²) in [7, 11) is 0. The summed E-state index contributed by atoms with van der Waals surface area (Å²) < 4.78 is 0. The van der Waals surface area contributed by atoms with Gasteiger partial charge < -0.3 is 26.2 Å². The molecule has 1 saturated carbocycles. The number of likely N-dealkylation sites (tertiary alicyclic amines) is 1. The molecule has 1 unspecified atom stereocenters. The maximum Gasteiger partial charge on any atom is 0.290 e. The maximum atomic E-state index is 14.3. The van der Waals surface area contributed by atoms with Crippen LogP contribution in [-0.4, -0.2) is 80.9 Å². The average molecular weight is 676 g/mol. The second-order valence-electron chi connectivity index (χ2n) is 13.7. The smallest absolute Gasteiger partial charge is 0.290 e. The van der Waals surface area contributed by atoms with Gasteiger partial charge in [-0.15, -0.1) is 0 Å². The Morgan fingerprint density at radius 3 is 2.16 bits per heavy atom. The van der Waals surface area contributed by atoms with E-state index in [4.69, 9.17) is 0 Å². The number of benzene rings is 1. The van der Waals surface area contributed by atoms with Gasteiger partial charge in [0.2, 0.25) is 23.5 Å². The Morgan fingerprint density at radius 2 is 1.55 bits per heavy atom. The SMILES string of the molecule is CCC(NC(=O)[C@@H]1[C@H]2CCC[C@H]2CN1C(=O)[C@@H](NC(=O)[C@@H](NC(=O)c1cnccn1)C(C)C)C(C)C)C(=O)C(=O)N[C@@H](C)c1ccccc1. The highest BCUT2D eigenvalue weighted by Gasteiger charge is 2.51. The van der Waals surface area contributed by atoms with Gasteiger partial charge >= 0.3 is 0 Å². The molecule has 2 aliphatic rings. The number of Topliss-reactive ketones (excluding diaryl/α,β-unsaturated/α-hetero) is 1. The van der Waals surface area contributed by atoms with E-state index in [-0.39, 0.29) is 35.8 Å². The summed E-state index contributed by atoms with van der Waals surface area (Å²) in [5.41, 5.74) is 0.898. The number of nitrogens with one attached hydrogen (secondary N) is 4. The van der Waals surface area contributed by atoms with Gasteiger partial charge in [-0.05, 0) is 55.4 Å². The summed E-state index contributed by atoms with van der Waals surface area (Å²) in [6, 6.07) is 4.97. The van der Waals surface area contributed by atoms with E-state index >= 15 is 0 Å². The van der Waals surface area contributed by atoms with Crippen molar-refractivity contribution in [3.63, 3.8) is 0 Å². The summed E-state index contributed by atoms with van der Waals surface area (Å²) in [5, 5.41) is 11.1. The molecule has 1 aromatic carbocycles. The van der Waals surface area contributed by atoms with Crippen molar-refractivity contribution in [3.05, 3.63) is 60.2 Å². The molecule has 1 saturated heterocycles. The maximum absolute atomic E-state index is 14.3. The Morgan fingerprint density at radius 1 is 0.857 bits per heavy atom. The summed E-state index contributed by atoms with van der Waals surface area (Å²) in [4.78, 5) is 90.3. The largest absolute Gasteiger partial charge is 0.344 e. The molecular weight excluding hydrogens is 626 g/mol. The number of hydrogen-bond donors (Lipinski definition) is 4. The average Bonchev–Trinajstić information content (AvgIpc) is 3.70. The molecule has 2 aromatic rings. The predicted molar refractivity (Wildman–Crippen MR) is 181 cm³/mol. The lowest BCUT2D eigenvalue weighted by Gasteiger charge is -2.33. The second-order valence-corrected chi connectivity index (χ2v) is 13.7. The highest BCUT2D eigenvalue weighted by molar-refractivity contribution is 6.38. The molecule has 4 rings (SSSR count). The second kappa shape index (κ2) is 16.6. The lowest BCUT2D eigenvalue weighted by Crippen LogP contribution is -2.60. The van der Waals surface area contributed by atoms with Crippen LogP contribution in [0.25, 0.3) is 0 Å². The molecular formula is C36H49N7O6. The molecule has 49 heavy (non-hydrogen) atoms. The Balaban J connectivity index is 1.48. The van der Waals surface area contributed by atoms with E-state index in [0.717, 1.165) is 24.8 Å². The third-order valence-corrected chi connectivity index (χ3v) is 9.62. The van der Waals surface area contributed by atoms with Crippen LogP contribution in [0.15, 0.2) is 48.9 Å². The van der Waals surface area contributed by atoms with Crippen molar-refractivity contribution in [1.29, 1.82) is 0 Å². The van der Waals surface area contributed by atoms with Gasteiger partial charge in [0, 0.05) is 18.9 Å². The molecule has 264 valence electrons. The third kappa shape index (κ3) is 8.87. The number of aromatic nitrogens is 2. The van der Waals surface area contributed by atoms with E-state index in [2.05, 4.69) is 31.2 Å². The molecule has 0 spiro atoms. The van der Waals surface area contributed by atoms with Gasteiger partial charge in [-0.1, -0.05) is 71.4 Å². The van der Waals surface area contributed by atoms with Gasteiger partial charge in [0.25, 0.3) is 11.8 Å². The van der Waals surface area contributed by atoms with Crippen LogP contribution in [-0.2, 0) is 24.0 Å². The van der Waals surface area contributed by atoms with E-state index in [0.29, 0.717) is 6.54 Å². The minimum atomic E-state index is -1.07. The molecule has 1 aliphatic heterocycles. The molecule has 4 N–H and O–H groups in total. The lowest BCUT2D eigenvalue weighted by molar-refractivity contribution is -0.145. The summed E-state index contributed by atoms with van der Waals surface area (Å²) in [6.07, 6.45) is 6.83. The van der Waals surface area contributed by atoms with Gasteiger partial charge in [0.15, 0.2) is 0 Å². The van der Waals surface area contributed by atoms with Crippen LogP contribution < -0.4 is 21.3 Å². The van der Waals surface area contributed by atoms with E-state index < -0.39 is 65.5 Å². The fraction of sp³-hybridized carbons (Fsp3) is 0.556. The fourth-order valence-electron chi connectivity index (χ4n) is 6.83. The van der Waals surface area contributed by atoms with Gasteiger partial charge in [-0.2, -0.15) is 0 Å². The van der Waals surface area contributed by atoms with Crippen LogP contribution in [0.4, 0.5) is 0 Å². The van der Waals surface area contributed by atoms with Crippen LogP contribution in [0.5, 0.6) is 0 Å². The predicted octanol–water partition coefficient (Wildman–Crippen LogP) is 2.34. The Bertz CT molecular complexity index is 1500. The normalized spacial score (nSPS) is 20.9. The van der Waals surface area contributed by atoms with E-state index in [1.807, 2.05) is 30.3 Å². The summed E-state index contributed by atoms with van der Waals surface area (Å²) >= 11 is 0. The van der Waals surface area contributed by atoms with Crippen LogP contribution in [0.1, 0.15) is 89.3 Å². The lowest BCUT2D eigenvalue weighted by atomic mass is 9.92. The molecule has 0 bridgehead atoms. The number of ketones is 1. The Hall–Kier alpha value is -4.68. The topological polar surface area (TPSA) is 180 Å². The van der Waals surface area contributed by atoms with E-state index in [9.17, 15) is 28.8 Å². The molecule has 1 aromatic heterocycles. The molecule has 5 amide bonds. The van der Waals surface area contributed by atoms with Crippen molar-refractivity contribution in [2.24, 2.45) is 23.7 Å². The first kappa shape index (κ1) is 37.1. The summed E-state index contributed by atoms with van der Waals surface area (Å²) in [5.74, 6) is -4.22. The molecule has 13 nitrogen and oxygen atoms in total. The minimum Gasteiger partial charge on any atom is -0.344 e. The molecule has 2 heterocycles. The summed E-state index contributed by atoms with van der Waals surface area (Å²) in [6.45, 7) is 11.0. The third-order valence-electron chi connectivity index (χ3n) is 9.62. The van der Waals surface area contributed by atoms with Crippen LogP contribution >= 0.6 is 0 Å². The number of hydrogen-bond acceptors (Lipinski definition) is 8. The van der Waals surface area contributed by atoms with E-state index in [1.165, 1.54) is 23.5 Å². The van der Waals surface area contributed by atoms with E-state index in [1.54, 1.807) is 41.5 Å². The first-order valence-corrected chi connectivity index (χ1v) is 17.2. The van der Waals surface area contributed by atoms with Gasteiger partial charge in [0.1, 0.15) is 23.8 Å². The number of rotatable bonds is 14. The molecule has 0 radical (unpaired) electrons. The zero-order valence-electron chi connectivity index (χ0n) is 29.1. The first-order chi connectivity index (χ1) is 23.3. The number of carbonyl (C=O) groups is 6. The number of nitrogens with zero attached hydrogens (tertiary/aromatic N) is 3. The Labute approximate surface area is 287 Å². The first-order valence-electron chi connectivity index (χ1n) is 17.2. The van der Waals surface area contributed by atoms with Gasteiger partial charge in [0.05, 0.1) is 18.3 Å². The number of amides is 5. The minimum absolute atomic E-state index is 0.0574. The molecule has 2 fully saturated rings. The zero-order chi connectivity index (χ0) is 35.8.